The van der Waals surface area contributed by atoms with Crippen molar-refractivity contribution >= 4 is 11.9 Å². The molecule has 2 rings (SSSR count). The maximum atomic E-state index is 5.65. The van der Waals surface area contributed by atoms with Crippen molar-refractivity contribution in [2.75, 3.05) is 17.7 Å². The number of pyridine rings is 1. The van der Waals surface area contributed by atoms with Gasteiger partial charge in [0, 0.05) is 6.20 Å². The van der Waals surface area contributed by atoms with Gasteiger partial charge in [-0.25, -0.2) is 0 Å². The average molecular weight is 274 g/mol. The normalized spacial score (nSPS) is 11.9. The van der Waals surface area contributed by atoms with Crippen LogP contribution in [0.15, 0.2) is 24.4 Å². The van der Waals surface area contributed by atoms with Crippen molar-refractivity contribution in [3.63, 3.8) is 0 Å². The molecule has 2 aromatic rings. The molecular formula is C13H18N6O. The predicted molar refractivity (Wildman–Crippen MR) is 76.3 cm³/mol. The fourth-order valence-electron chi connectivity index (χ4n) is 1.59. The van der Waals surface area contributed by atoms with Gasteiger partial charge in [-0.3, -0.25) is 4.98 Å². The molecule has 0 amide bonds. The lowest BCUT2D eigenvalue weighted by molar-refractivity contribution is 0.292. The van der Waals surface area contributed by atoms with E-state index in [0.29, 0.717) is 12.6 Å². The summed E-state index contributed by atoms with van der Waals surface area (Å²) in [5.41, 5.74) is 6.54. The molecule has 3 N–H and O–H groups in total. The molecule has 1 atom stereocenters. The van der Waals surface area contributed by atoms with Gasteiger partial charge in [-0.05, 0) is 25.5 Å². The largest absolute Gasteiger partial charge is 0.463 e. The van der Waals surface area contributed by atoms with Gasteiger partial charge >= 0.3 is 6.01 Å². The van der Waals surface area contributed by atoms with Crippen LogP contribution in [0.1, 0.15) is 32.0 Å². The second-order valence-electron chi connectivity index (χ2n) is 4.27. The van der Waals surface area contributed by atoms with Gasteiger partial charge < -0.3 is 15.8 Å². The van der Waals surface area contributed by atoms with E-state index in [1.807, 2.05) is 32.0 Å². The second kappa shape index (κ2) is 6.65. The summed E-state index contributed by atoms with van der Waals surface area (Å²) >= 11 is 0. The Morgan fingerprint density at radius 1 is 1.30 bits per heavy atom. The standard InChI is InChI=1S/C13H18N6O/c1-3-8-20-13-18-11(14)17-12(19-13)16-9(2)10-6-4-5-7-15-10/h4-7,9H,3,8H2,1-2H3,(H3,14,16,17,18,19). The Bertz CT molecular complexity index is 548. The third-order valence-electron chi connectivity index (χ3n) is 2.54. The van der Waals surface area contributed by atoms with Gasteiger partial charge in [-0.2, -0.15) is 15.0 Å². The number of aromatic nitrogens is 4. The molecule has 106 valence electrons. The van der Waals surface area contributed by atoms with Crippen LogP contribution in [0.5, 0.6) is 6.01 Å². The third-order valence-corrected chi connectivity index (χ3v) is 2.54. The molecule has 20 heavy (non-hydrogen) atoms. The average Bonchev–Trinajstić information content (AvgIpc) is 2.45. The Kier molecular flexibility index (Phi) is 4.65. The highest BCUT2D eigenvalue weighted by Crippen LogP contribution is 2.16. The van der Waals surface area contributed by atoms with Gasteiger partial charge in [0.25, 0.3) is 0 Å². The van der Waals surface area contributed by atoms with Crippen molar-refractivity contribution in [3.05, 3.63) is 30.1 Å². The van der Waals surface area contributed by atoms with Crippen LogP contribution in [0.3, 0.4) is 0 Å². The quantitative estimate of drug-likeness (QED) is 0.828. The van der Waals surface area contributed by atoms with E-state index < -0.39 is 0 Å². The third kappa shape index (κ3) is 3.78. The summed E-state index contributed by atoms with van der Waals surface area (Å²) in [6.45, 7) is 4.51. The van der Waals surface area contributed by atoms with E-state index in [-0.39, 0.29) is 18.0 Å². The van der Waals surface area contributed by atoms with Crippen LogP contribution in [0.2, 0.25) is 0 Å². The number of ether oxygens (including phenoxy) is 1. The van der Waals surface area contributed by atoms with Gasteiger partial charge in [-0.15, -0.1) is 0 Å². The van der Waals surface area contributed by atoms with E-state index >= 15 is 0 Å². The predicted octanol–water partition coefficient (Wildman–Crippen LogP) is 1.81. The molecule has 7 heteroatoms. The number of nitrogens with zero attached hydrogens (tertiary/aromatic N) is 4. The fraction of sp³-hybridized carbons (Fsp3) is 0.385. The van der Waals surface area contributed by atoms with E-state index in [1.165, 1.54) is 0 Å². The number of nitrogens with two attached hydrogens (primary N) is 1. The summed E-state index contributed by atoms with van der Waals surface area (Å²) in [6.07, 6.45) is 2.61. The number of nitrogen functional groups attached to an aromatic ring is 1. The molecule has 0 bridgehead atoms. The molecule has 0 saturated heterocycles. The van der Waals surface area contributed by atoms with Gasteiger partial charge in [0.1, 0.15) is 0 Å². The lowest BCUT2D eigenvalue weighted by atomic mass is 10.2. The van der Waals surface area contributed by atoms with Crippen LogP contribution >= 0.6 is 0 Å². The molecule has 2 aromatic heterocycles. The van der Waals surface area contributed by atoms with Crippen LogP contribution in [0, 0.1) is 0 Å². The van der Waals surface area contributed by atoms with Crippen molar-refractivity contribution < 1.29 is 4.74 Å². The minimum absolute atomic E-state index is 0.0444. The van der Waals surface area contributed by atoms with Crippen molar-refractivity contribution in [1.29, 1.82) is 0 Å². The van der Waals surface area contributed by atoms with Crippen molar-refractivity contribution in [3.8, 4) is 6.01 Å². The molecule has 0 aliphatic heterocycles. The van der Waals surface area contributed by atoms with Crippen LogP contribution < -0.4 is 15.8 Å². The van der Waals surface area contributed by atoms with E-state index in [4.69, 9.17) is 10.5 Å². The smallest absolute Gasteiger partial charge is 0.323 e. The second-order valence-corrected chi connectivity index (χ2v) is 4.27. The van der Waals surface area contributed by atoms with Crippen LogP contribution in [0.25, 0.3) is 0 Å². The summed E-state index contributed by atoms with van der Waals surface area (Å²) in [5.74, 6) is 0.503. The lowest BCUT2D eigenvalue weighted by Gasteiger charge is -2.13. The molecule has 7 nitrogen and oxygen atoms in total. The molecule has 0 saturated carbocycles. The Balaban J connectivity index is 2.10. The molecule has 0 aliphatic rings. The highest BCUT2D eigenvalue weighted by molar-refractivity contribution is 5.34. The van der Waals surface area contributed by atoms with Crippen LogP contribution in [-0.4, -0.2) is 26.5 Å². The number of nitrogens with one attached hydrogen (secondary N) is 1. The van der Waals surface area contributed by atoms with Crippen molar-refractivity contribution in [2.24, 2.45) is 0 Å². The summed E-state index contributed by atoms with van der Waals surface area (Å²) in [5, 5.41) is 3.13. The number of hydrogen-bond donors (Lipinski definition) is 2. The molecular weight excluding hydrogens is 256 g/mol. The number of anilines is 2. The zero-order valence-electron chi connectivity index (χ0n) is 11.6. The summed E-state index contributed by atoms with van der Waals surface area (Å²) < 4.78 is 5.37. The first kappa shape index (κ1) is 14.0. The zero-order valence-corrected chi connectivity index (χ0v) is 11.6. The molecule has 0 radical (unpaired) electrons. The Morgan fingerprint density at radius 2 is 2.15 bits per heavy atom. The van der Waals surface area contributed by atoms with E-state index in [1.54, 1.807) is 6.20 Å². The highest BCUT2D eigenvalue weighted by Gasteiger charge is 2.10. The van der Waals surface area contributed by atoms with Gasteiger partial charge in [0.05, 0.1) is 18.3 Å². The zero-order chi connectivity index (χ0) is 14.4. The molecule has 0 aromatic carbocycles. The lowest BCUT2D eigenvalue weighted by Crippen LogP contribution is -2.13. The van der Waals surface area contributed by atoms with Crippen molar-refractivity contribution in [1.82, 2.24) is 19.9 Å². The number of rotatable bonds is 6. The van der Waals surface area contributed by atoms with Crippen molar-refractivity contribution in [2.45, 2.75) is 26.3 Å². The highest BCUT2D eigenvalue weighted by atomic mass is 16.5. The minimum Gasteiger partial charge on any atom is -0.463 e. The van der Waals surface area contributed by atoms with E-state index in [2.05, 4.69) is 25.3 Å². The maximum absolute atomic E-state index is 5.65. The molecule has 2 heterocycles. The monoisotopic (exact) mass is 274 g/mol. The Labute approximate surface area is 117 Å². The molecule has 0 aliphatic carbocycles. The number of hydrogen-bond acceptors (Lipinski definition) is 7. The van der Waals surface area contributed by atoms with E-state index in [9.17, 15) is 0 Å². The molecule has 0 spiro atoms. The van der Waals surface area contributed by atoms with E-state index in [0.717, 1.165) is 12.1 Å². The van der Waals surface area contributed by atoms with Gasteiger partial charge in [0.2, 0.25) is 11.9 Å². The molecule has 1 unspecified atom stereocenters. The summed E-state index contributed by atoms with van der Waals surface area (Å²) in [7, 11) is 0. The topological polar surface area (TPSA) is 98.8 Å². The maximum Gasteiger partial charge on any atom is 0.323 e. The summed E-state index contributed by atoms with van der Waals surface area (Å²) in [4.78, 5) is 16.4. The SMILES string of the molecule is CCCOc1nc(N)nc(NC(C)c2ccccn2)n1. The van der Waals surface area contributed by atoms with Crippen LogP contribution in [-0.2, 0) is 0 Å². The van der Waals surface area contributed by atoms with Crippen LogP contribution in [0.4, 0.5) is 11.9 Å². The molecule has 0 fully saturated rings. The van der Waals surface area contributed by atoms with Gasteiger partial charge in [-0.1, -0.05) is 13.0 Å². The first-order chi connectivity index (χ1) is 9.69. The minimum atomic E-state index is -0.0444. The Hall–Kier alpha value is -2.44. The first-order valence-electron chi connectivity index (χ1n) is 6.51. The first-order valence-corrected chi connectivity index (χ1v) is 6.51. The fourth-order valence-corrected chi connectivity index (χ4v) is 1.59. The van der Waals surface area contributed by atoms with Gasteiger partial charge in [0.15, 0.2) is 0 Å². The summed E-state index contributed by atoms with van der Waals surface area (Å²) in [6, 6.07) is 5.91. The Morgan fingerprint density at radius 3 is 2.85 bits per heavy atom.